The van der Waals surface area contributed by atoms with Crippen molar-refractivity contribution in [2.75, 3.05) is 19.7 Å². The van der Waals surface area contributed by atoms with Crippen molar-refractivity contribution in [3.8, 4) is 0 Å². The molecule has 1 aromatic carbocycles. The first-order valence-corrected chi connectivity index (χ1v) is 8.93. The Kier molecular flexibility index (Phi) is 6.89. The Balaban J connectivity index is 2.00. The van der Waals surface area contributed by atoms with Gasteiger partial charge in [-0.2, -0.15) is 0 Å². The van der Waals surface area contributed by atoms with Gasteiger partial charge < -0.3 is 10.1 Å². The van der Waals surface area contributed by atoms with Crippen molar-refractivity contribution >= 4 is 23.7 Å². The van der Waals surface area contributed by atoms with Crippen LogP contribution in [0.2, 0.25) is 0 Å². The third-order valence-corrected chi connectivity index (χ3v) is 4.13. The summed E-state index contributed by atoms with van der Waals surface area (Å²) in [5, 5.41) is 2.65. The van der Waals surface area contributed by atoms with Gasteiger partial charge in [0, 0.05) is 13.1 Å². The van der Waals surface area contributed by atoms with Crippen LogP contribution in [-0.4, -0.2) is 48.3 Å². The monoisotopic (exact) mass is 360 g/mol. The zero-order valence-corrected chi connectivity index (χ0v) is 15.2. The van der Waals surface area contributed by atoms with Gasteiger partial charge in [0.05, 0.1) is 16.7 Å². The quantitative estimate of drug-likeness (QED) is 0.414. The Morgan fingerprint density at radius 3 is 2.42 bits per heavy atom. The molecule has 0 atom stereocenters. The van der Waals surface area contributed by atoms with Gasteiger partial charge in [-0.25, -0.2) is 4.79 Å². The van der Waals surface area contributed by atoms with Crippen molar-refractivity contribution in [3.63, 3.8) is 0 Å². The molecule has 0 saturated heterocycles. The number of hydrogen-bond donors (Lipinski definition) is 1. The van der Waals surface area contributed by atoms with Crippen molar-refractivity contribution in [2.45, 2.75) is 39.5 Å². The van der Waals surface area contributed by atoms with Gasteiger partial charge in [0.15, 0.2) is 6.61 Å². The Morgan fingerprint density at radius 2 is 1.73 bits per heavy atom. The van der Waals surface area contributed by atoms with E-state index in [1.165, 1.54) is 23.1 Å². The molecule has 140 valence electrons. The van der Waals surface area contributed by atoms with Crippen LogP contribution in [-0.2, 0) is 9.53 Å². The molecule has 7 nitrogen and oxygen atoms in total. The molecule has 0 unspecified atom stereocenters. The summed E-state index contributed by atoms with van der Waals surface area (Å²) in [5.74, 6) is -1.81. The number of amides is 3. The van der Waals surface area contributed by atoms with E-state index < -0.39 is 11.9 Å². The number of benzene rings is 1. The van der Waals surface area contributed by atoms with Crippen LogP contribution in [0.25, 0.3) is 0 Å². The molecule has 0 bridgehead atoms. The maximum Gasteiger partial charge on any atom is 0.338 e. The summed E-state index contributed by atoms with van der Waals surface area (Å²) in [6.07, 6.45) is 3.41. The molecule has 1 aliphatic rings. The number of fused-ring (bicyclic) bond motifs is 1. The zero-order valence-electron chi connectivity index (χ0n) is 15.2. The first-order valence-electron chi connectivity index (χ1n) is 8.93. The number of nitrogens with one attached hydrogen (secondary N) is 1. The highest BCUT2D eigenvalue weighted by molar-refractivity contribution is 6.21. The second kappa shape index (κ2) is 9.12. The van der Waals surface area contributed by atoms with E-state index in [9.17, 15) is 19.2 Å². The van der Waals surface area contributed by atoms with Crippen LogP contribution in [0.15, 0.2) is 18.2 Å². The number of carbonyl (C=O) groups is 4. The molecular weight excluding hydrogens is 336 g/mol. The number of nitrogens with zero attached hydrogens (tertiary/aromatic N) is 1. The van der Waals surface area contributed by atoms with Crippen LogP contribution < -0.4 is 5.32 Å². The first-order chi connectivity index (χ1) is 12.5. The van der Waals surface area contributed by atoms with Crippen LogP contribution >= 0.6 is 0 Å². The second-order valence-corrected chi connectivity index (χ2v) is 6.16. The molecule has 1 aliphatic heterocycles. The highest BCUT2D eigenvalue weighted by Gasteiger charge is 2.35. The van der Waals surface area contributed by atoms with Gasteiger partial charge in [0.1, 0.15) is 0 Å². The predicted molar refractivity (Wildman–Crippen MR) is 94.9 cm³/mol. The van der Waals surface area contributed by atoms with Crippen molar-refractivity contribution in [1.29, 1.82) is 0 Å². The second-order valence-electron chi connectivity index (χ2n) is 6.16. The molecule has 1 N–H and O–H groups in total. The Bertz CT molecular complexity index is 714. The molecule has 2 rings (SSSR count). The lowest BCUT2D eigenvalue weighted by Crippen LogP contribution is -2.30. The number of hydrogen-bond acceptors (Lipinski definition) is 5. The average molecular weight is 360 g/mol. The molecule has 0 aromatic heterocycles. The molecule has 7 heteroatoms. The normalized spacial score (nSPS) is 12.9. The molecule has 0 fully saturated rings. The molecular formula is C19H24N2O5. The predicted octanol–water partition coefficient (Wildman–Crippen LogP) is 2.16. The van der Waals surface area contributed by atoms with Gasteiger partial charge in [0.2, 0.25) is 0 Å². The van der Waals surface area contributed by atoms with Gasteiger partial charge in [-0.3, -0.25) is 19.3 Å². The van der Waals surface area contributed by atoms with Crippen molar-refractivity contribution in [3.05, 3.63) is 34.9 Å². The lowest BCUT2D eigenvalue weighted by atomic mass is 10.1. The van der Waals surface area contributed by atoms with E-state index in [2.05, 4.69) is 5.32 Å². The Morgan fingerprint density at radius 1 is 1.04 bits per heavy atom. The van der Waals surface area contributed by atoms with Crippen LogP contribution in [0.3, 0.4) is 0 Å². The lowest BCUT2D eigenvalue weighted by molar-refractivity contribution is -0.124. The molecule has 0 saturated carbocycles. The molecule has 1 aromatic rings. The van der Waals surface area contributed by atoms with Crippen molar-refractivity contribution < 1.29 is 23.9 Å². The number of imide groups is 1. The van der Waals surface area contributed by atoms with E-state index in [0.29, 0.717) is 18.7 Å². The van der Waals surface area contributed by atoms with Crippen LogP contribution in [0, 0.1) is 0 Å². The third kappa shape index (κ3) is 4.47. The maximum atomic E-state index is 12.4. The topological polar surface area (TPSA) is 92.8 Å². The minimum atomic E-state index is -0.703. The fourth-order valence-electron chi connectivity index (χ4n) is 2.61. The van der Waals surface area contributed by atoms with Crippen molar-refractivity contribution in [2.24, 2.45) is 0 Å². The van der Waals surface area contributed by atoms with E-state index in [0.717, 1.165) is 25.7 Å². The van der Waals surface area contributed by atoms with E-state index in [4.69, 9.17) is 4.74 Å². The van der Waals surface area contributed by atoms with Gasteiger partial charge >= 0.3 is 5.97 Å². The highest BCUT2D eigenvalue weighted by Crippen LogP contribution is 2.24. The van der Waals surface area contributed by atoms with Crippen LogP contribution in [0.4, 0.5) is 0 Å². The van der Waals surface area contributed by atoms with Crippen LogP contribution in [0.1, 0.15) is 70.6 Å². The first kappa shape index (κ1) is 19.6. The number of unbranched alkanes of at least 4 members (excludes halogenated alkanes) is 2. The van der Waals surface area contributed by atoms with E-state index in [1.54, 1.807) is 0 Å². The van der Waals surface area contributed by atoms with Gasteiger partial charge in [-0.15, -0.1) is 0 Å². The SMILES string of the molecule is CCCCNC(=O)COC(=O)c1ccc2c(c1)C(=O)N(CCCC)C2=O. The number of carbonyl (C=O) groups excluding carboxylic acids is 4. The summed E-state index contributed by atoms with van der Waals surface area (Å²) in [7, 11) is 0. The molecule has 0 spiro atoms. The maximum absolute atomic E-state index is 12.4. The standard InChI is InChI=1S/C19H24N2O5/c1-3-5-9-20-16(22)12-26-19(25)13-7-8-14-15(11-13)18(24)21(17(14)23)10-6-4-2/h7-8,11H,3-6,9-10,12H2,1-2H3,(H,20,22). The zero-order chi connectivity index (χ0) is 19.1. The molecule has 0 aliphatic carbocycles. The smallest absolute Gasteiger partial charge is 0.338 e. The lowest BCUT2D eigenvalue weighted by Gasteiger charge is -2.12. The molecule has 1 heterocycles. The molecule has 3 amide bonds. The summed E-state index contributed by atoms with van der Waals surface area (Å²) in [6, 6.07) is 4.25. The largest absolute Gasteiger partial charge is 0.452 e. The van der Waals surface area contributed by atoms with Gasteiger partial charge in [0.25, 0.3) is 17.7 Å². The summed E-state index contributed by atoms with van der Waals surface area (Å²) in [4.78, 5) is 49.6. The van der Waals surface area contributed by atoms with Crippen molar-refractivity contribution in [1.82, 2.24) is 10.2 Å². The van der Waals surface area contributed by atoms with Gasteiger partial charge in [-0.1, -0.05) is 26.7 Å². The van der Waals surface area contributed by atoms with E-state index in [1.807, 2.05) is 13.8 Å². The summed E-state index contributed by atoms with van der Waals surface area (Å²) >= 11 is 0. The summed E-state index contributed by atoms with van der Waals surface area (Å²) in [5.41, 5.74) is 0.636. The van der Waals surface area contributed by atoms with Gasteiger partial charge in [-0.05, 0) is 31.0 Å². The Labute approximate surface area is 152 Å². The van der Waals surface area contributed by atoms with Crippen LogP contribution in [0.5, 0.6) is 0 Å². The van der Waals surface area contributed by atoms with E-state index >= 15 is 0 Å². The Hall–Kier alpha value is -2.70. The number of esters is 1. The summed E-state index contributed by atoms with van der Waals surface area (Å²) < 4.78 is 4.97. The third-order valence-electron chi connectivity index (χ3n) is 4.13. The van der Waals surface area contributed by atoms with E-state index in [-0.39, 0.29) is 29.5 Å². The summed E-state index contributed by atoms with van der Waals surface area (Å²) in [6.45, 7) is 4.51. The fourth-order valence-corrected chi connectivity index (χ4v) is 2.61. The molecule has 0 radical (unpaired) electrons. The average Bonchev–Trinajstić information content (AvgIpc) is 2.88. The minimum absolute atomic E-state index is 0.142. The number of ether oxygens (including phenoxy) is 1. The highest BCUT2D eigenvalue weighted by atomic mass is 16.5. The minimum Gasteiger partial charge on any atom is -0.452 e. The fraction of sp³-hybridized carbons (Fsp3) is 0.474. The number of rotatable bonds is 9. The molecule has 26 heavy (non-hydrogen) atoms.